The molecule has 1 aromatic carbocycles. The summed E-state index contributed by atoms with van der Waals surface area (Å²) in [6.07, 6.45) is 2.96. The summed E-state index contributed by atoms with van der Waals surface area (Å²) < 4.78 is 0. The van der Waals surface area contributed by atoms with Gasteiger partial charge in [0.1, 0.15) is 5.01 Å². The van der Waals surface area contributed by atoms with Gasteiger partial charge in [0.05, 0.1) is 0 Å². The van der Waals surface area contributed by atoms with E-state index in [1.54, 1.807) is 0 Å². The average Bonchev–Trinajstić information content (AvgIpc) is 3.23. The molecule has 1 aliphatic carbocycles. The Bertz CT molecular complexity index is 648. The highest BCUT2D eigenvalue weighted by molar-refractivity contribution is 7.18. The largest absolute Gasteiger partial charge is 0.286 e. The van der Waals surface area contributed by atoms with E-state index in [0.29, 0.717) is 0 Å². The molecule has 0 radical (unpaired) electrons. The van der Waals surface area contributed by atoms with E-state index in [9.17, 15) is 4.79 Å². The van der Waals surface area contributed by atoms with Gasteiger partial charge >= 0.3 is 0 Å². The summed E-state index contributed by atoms with van der Waals surface area (Å²) in [5.74, 6) is 0.423. The lowest BCUT2D eigenvalue weighted by atomic mass is 10.1. The highest BCUT2D eigenvalue weighted by atomic mass is 32.1. The summed E-state index contributed by atoms with van der Waals surface area (Å²) in [6.45, 7) is 4.86. The van der Waals surface area contributed by atoms with Crippen LogP contribution in [-0.2, 0) is 4.79 Å². The van der Waals surface area contributed by atoms with Crippen LogP contribution in [0, 0.1) is 12.8 Å². The first-order chi connectivity index (χ1) is 10.2. The molecule has 1 fully saturated rings. The molecule has 1 heterocycles. The van der Waals surface area contributed by atoms with Crippen LogP contribution in [-0.4, -0.2) is 22.6 Å². The Hall–Kier alpha value is -1.75. The first kappa shape index (κ1) is 14.2. The van der Waals surface area contributed by atoms with Crippen molar-refractivity contribution in [2.45, 2.75) is 33.1 Å². The molecule has 4 nitrogen and oxygen atoms in total. The average molecular weight is 301 g/mol. The third kappa shape index (κ3) is 2.97. The third-order valence-corrected chi connectivity index (χ3v) is 4.64. The van der Waals surface area contributed by atoms with Crippen LogP contribution in [0.15, 0.2) is 24.3 Å². The fourth-order valence-corrected chi connectivity index (χ4v) is 3.29. The minimum Gasteiger partial charge on any atom is -0.286 e. The normalized spacial score (nSPS) is 14.2. The molecule has 0 bridgehead atoms. The van der Waals surface area contributed by atoms with E-state index in [0.717, 1.165) is 41.5 Å². The maximum absolute atomic E-state index is 12.4. The van der Waals surface area contributed by atoms with Crippen molar-refractivity contribution in [1.82, 2.24) is 10.2 Å². The van der Waals surface area contributed by atoms with Crippen molar-refractivity contribution < 1.29 is 4.79 Å². The molecule has 21 heavy (non-hydrogen) atoms. The molecule has 1 aliphatic rings. The molecule has 0 atom stereocenters. The zero-order chi connectivity index (χ0) is 14.8. The smallest absolute Gasteiger partial charge is 0.231 e. The van der Waals surface area contributed by atoms with Crippen LogP contribution in [0.5, 0.6) is 0 Å². The zero-order valence-electron chi connectivity index (χ0n) is 12.4. The third-order valence-electron chi connectivity index (χ3n) is 3.66. The van der Waals surface area contributed by atoms with Crippen LogP contribution in [0.1, 0.15) is 31.7 Å². The van der Waals surface area contributed by atoms with Gasteiger partial charge in [0.2, 0.25) is 11.0 Å². The quantitative estimate of drug-likeness (QED) is 0.846. The number of carbonyl (C=O) groups excluding carboxylic acids is 1. The van der Waals surface area contributed by atoms with E-state index in [2.05, 4.69) is 30.1 Å². The van der Waals surface area contributed by atoms with E-state index < -0.39 is 0 Å². The molecule has 3 rings (SSSR count). The summed E-state index contributed by atoms with van der Waals surface area (Å²) in [5.41, 5.74) is 2.27. The summed E-state index contributed by atoms with van der Waals surface area (Å²) in [6, 6.07) is 8.13. The SMILES string of the molecule is CCCN(C(=O)C1CC1)c1nnc(-c2ccccc2C)s1. The van der Waals surface area contributed by atoms with E-state index in [-0.39, 0.29) is 11.8 Å². The van der Waals surface area contributed by atoms with Gasteiger partial charge in [-0.15, -0.1) is 10.2 Å². The molecule has 5 heteroatoms. The van der Waals surface area contributed by atoms with Gasteiger partial charge in [-0.3, -0.25) is 9.69 Å². The van der Waals surface area contributed by atoms with E-state index in [1.165, 1.54) is 16.9 Å². The van der Waals surface area contributed by atoms with Crippen molar-refractivity contribution in [2.24, 2.45) is 5.92 Å². The molecular weight excluding hydrogens is 282 g/mol. The Morgan fingerprint density at radius 3 is 2.76 bits per heavy atom. The second-order valence-electron chi connectivity index (χ2n) is 5.47. The van der Waals surface area contributed by atoms with Gasteiger partial charge in [0.15, 0.2) is 0 Å². The van der Waals surface area contributed by atoms with Crippen LogP contribution in [0.25, 0.3) is 10.6 Å². The van der Waals surface area contributed by atoms with E-state index in [1.807, 2.05) is 23.1 Å². The Labute approximate surface area is 128 Å². The van der Waals surface area contributed by atoms with Gasteiger partial charge in [-0.25, -0.2) is 0 Å². The lowest BCUT2D eigenvalue weighted by Crippen LogP contribution is -2.32. The second-order valence-corrected chi connectivity index (χ2v) is 6.42. The Morgan fingerprint density at radius 1 is 1.33 bits per heavy atom. The fourth-order valence-electron chi connectivity index (χ4n) is 2.32. The summed E-state index contributed by atoms with van der Waals surface area (Å²) in [7, 11) is 0. The minimum atomic E-state index is 0.211. The van der Waals surface area contributed by atoms with Crippen LogP contribution in [0.2, 0.25) is 0 Å². The summed E-state index contributed by atoms with van der Waals surface area (Å²) in [5, 5.41) is 10.2. The summed E-state index contributed by atoms with van der Waals surface area (Å²) >= 11 is 1.50. The van der Waals surface area contributed by atoms with Gasteiger partial charge < -0.3 is 0 Å². The van der Waals surface area contributed by atoms with E-state index >= 15 is 0 Å². The van der Waals surface area contributed by atoms with E-state index in [4.69, 9.17) is 0 Å². The van der Waals surface area contributed by atoms with Crippen molar-refractivity contribution in [3.8, 4) is 10.6 Å². The van der Waals surface area contributed by atoms with Gasteiger partial charge in [-0.05, 0) is 31.7 Å². The zero-order valence-corrected chi connectivity index (χ0v) is 13.2. The molecule has 1 saturated carbocycles. The monoisotopic (exact) mass is 301 g/mol. The number of hydrogen-bond acceptors (Lipinski definition) is 4. The van der Waals surface area contributed by atoms with Crippen LogP contribution >= 0.6 is 11.3 Å². The molecule has 2 aromatic rings. The Kier molecular flexibility index (Phi) is 4.01. The van der Waals surface area contributed by atoms with Gasteiger partial charge in [-0.2, -0.15) is 0 Å². The number of carbonyl (C=O) groups is 1. The number of aryl methyl sites for hydroxylation is 1. The number of hydrogen-bond donors (Lipinski definition) is 0. The maximum atomic E-state index is 12.4. The lowest BCUT2D eigenvalue weighted by molar-refractivity contribution is -0.119. The van der Waals surface area contributed by atoms with Gasteiger partial charge in [-0.1, -0.05) is 42.5 Å². The highest BCUT2D eigenvalue weighted by Crippen LogP contribution is 2.35. The molecule has 0 spiro atoms. The lowest BCUT2D eigenvalue weighted by Gasteiger charge is -2.17. The number of benzene rings is 1. The predicted molar refractivity (Wildman–Crippen MR) is 85.5 cm³/mol. The van der Waals surface area contributed by atoms with Crippen molar-refractivity contribution in [2.75, 3.05) is 11.4 Å². The number of amides is 1. The number of rotatable bonds is 5. The fraction of sp³-hybridized carbons (Fsp3) is 0.438. The van der Waals surface area contributed by atoms with Gasteiger partial charge in [0.25, 0.3) is 0 Å². The molecule has 0 N–H and O–H groups in total. The number of anilines is 1. The maximum Gasteiger partial charge on any atom is 0.231 e. The van der Waals surface area contributed by atoms with Crippen molar-refractivity contribution >= 4 is 22.4 Å². The minimum absolute atomic E-state index is 0.211. The van der Waals surface area contributed by atoms with Crippen molar-refractivity contribution in [3.05, 3.63) is 29.8 Å². The first-order valence-electron chi connectivity index (χ1n) is 7.41. The Morgan fingerprint density at radius 2 is 2.10 bits per heavy atom. The van der Waals surface area contributed by atoms with Crippen LogP contribution in [0.4, 0.5) is 5.13 Å². The number of aromatic nitrogens is 2. The van der Waals surface area contributed by atoms with Crippen molar-refractivity contribution in [3.63, 3.8) is 0 Å². The summed E-state index contributed by atoms with van der Waals surface area (Å²) in [4.78, 5) is 14.2. The molecule has 0 unspecified atom stereocenters. The molecule has 110 valence electrons. The number of nitrogens with zero attached hydrogens (tertiary/aromatic N) is 3. The first-order valence-corrected chi connectivity index (χ1v) is 8.23. The molecule has 1 amide bonds. The van der Waals surface area contributed by atoms with Crippen molar-refractivity contribution in [1.29, 1.82) is 0 Å². The van der Waals surface area contributed by atoms with Crippen LogP contribution in [0.3, 0.4) is 0 Å². The molecule has 0 saturated heterocycles. The predicted octanol–water partition coefficient (Wildman–Crippen LogP) is 3.67. The van der Waals surface area contributed by atoms with Crippen LogP contribution < -0.4 is 4.90 Å². The molecule has 0 aliphatic heterocycles. The Balaban J connectivity index is 1.88. The standard InChI is InChI=1S/C16H19N3OS/c1-3-10-19(15(20)12-8-9-12)16-18-17-14(21-16)13-7-5-4-6-11(13)2/h4-7,12H,3,8-10H2,1-2H3. The topological polar surface area (TPSA) is 46.1 Å². The molecular formula is C16H19N3OS. The molecule has 1 aromatic heterocycles. The second kappa shape index (κ2) is 5.93. The highest BCUT2D eigenvalue weighted by Gasteiger charge is 2.35. The van der Waals surface area contributed by atoms with Gasteiger partial charge in [0, 0.05) is 18.0 Å².